The molecule has 2 atom stereocenters. The normalized spacial score (nSPS) is 22.8. The van der Waals surface area contributed by atoms with Crippen molar-refractivity contribution in [1.82, 2.24) is 0 Å². The van der Waals surface area contributed by atoms with Crippen molar-refractivity contribution in [2.45, 2.75) is 39.5 Å². The molecule has 31 heavy (non-hydrogen) atoms. The number of nitrogens with zero attached hydrogens (tertiary/aromatic N) is 1. The third kappa shape index (κ3) is 5.20. The highest BCUT2D eigenvalue weighted by Crippen LogP contribution is 2.47. The van der Waals surface area contributed by atoms with Crippen molar-refractivity contribution in [3.05, 3.63) is 45.1 Å². The van der Waals surface area contributed by atoms with Gasteiger partial charge in [-0.15, -0.1) is 0 Å². The van der Waals surface area contributed by atoms with E-state index in [2.05, 4.69) is 0 Å². The SMILES string of the molecule is CCOC(=O)C1=C(COCCN)N=C2CC(C)(C)CC(=O)C2C1c1ccc(Cl)c(Cl)c1. The quantitative estimate of drug-likeness (QED) is 0.476. The third-order valence-corrected chi connectivity index (χ3v) is 6.29. The smallest absolute Gasteiger partial charge is 0.336 e. The number of aliphatic imine (C=N–C) groups is 1. The molecule has 0 bridgehead atoms. The summed E-state index contributed by atoms with van der Waals surface area (Å²) in [4.78, 5) is 31.2. The van der Waals surface area contributed by atoms with Gasteiger partial charge in [-0.2, -0.15) is 0 Å². The van der Waals surface area contributed by atoms with E-state index < -0.39 is 17.8 Å². The Morgan fingerprint density at radius 3 is 2.61 bits per heavy atom. The molecule has 1 aliphatic heterocycles. The van der Waals surface area contributed by atoms with Crippen molar-refractivity contribution >= 4 is 40.7 Å². The standard InChI is InChI=1S/C23H28Cl2N2O4/c1-4-31-22(29)21-17(12-30-8-7-26)27-16-10-23(2,3)11-18(28)20(16)19(21)13-5-6-14(24)15(25)9-13/h5-6,9,19-20H,4,7-8,10-12,26H2,1-3H3. The first-order chi connectivity index (χ1) is 14.7. The summed E-state index contributed by atoms with van der Waals surface area (Å²) in [5, 5.41) is 0.760. The van der Waals surface area contributed by atoms with E-state index >= 15 is 0 Å². The molecule has 2 aliphatic rings. The average Bonchev–Trinajstić information content (AvgIpc) is 2.68. The molecule has 0 spiro atoms. The number of ketones is 1. The van der Waals surface area contributed by atoms with Gasteiger partial charge in [-0.25, -0.2) is 4.79 Å². The molecule has 0 radical (unpaired) electrons. The van der Waals surface area contributed by atoms with Crippen LogP contribution in [0.15, 0.2) is 34.5 Å². The largest absolute Gasteiger partial charge is 0.463 e. The highest BCUT2D eigenvalue weighted by molar-refractivity contribution is 6.42. The van der Waals surface area contributed by atoms with Crippen LogP contribution in [0.1, 0.15) is 45.1 Å². The molecule has 1 heterocycles. The number of fused-ring (bicyclic) bond motifs is 1. The number of hydrogen-bond acceptors (Lipinski definition) is 6. The molecular formula is C23H28Cl2N2O4. The van der Waals surface area contributed by atoms with Gasteiger partial charge in [-0.05, 0) is 36.5 Å². The van der Waals surface area contributed by atoms with E-state index in [1.807, 2.05) is 13.8 Å². The van der Waals surface area contributed by atoms with Crippen molar-refractivity contribution < 1.29 is 19.1 Å². The first-order valence-corrected chi connectivity index (χ1v) is 11.2. The monoisotopic (exact) mass is 466 g/mol. The minimum atomic E-state index is -0.568. The lowest BCUT2D eigenvalue weighted by Gasteiger charge is -2.41. The second kappa shape index (κ2) is 9.82. The molecule has 1 aromatic carbocycles. The van der Waals surface area contributed by atoms with Gasteiger partial charge in [0.25, 0.3) is 0 Å². The Labute approximate surface area is 192 Å². The van der Waals surface area contributed by atoms with Gasteiger partial charge >= 0.3 is 5.97 Å². The zero-order valence-corrected chi connectivity index (χ0v) is 19.6. The van der Waals surface area contributed by atoms with Crippen LogP contribution in [0, 0.1) is 11.3 Å². The fourth-order valence-electron chi connectivity index (χ4n) is 4.38. The van der Waals surface area contributed by atoms with Crippen LogP contribution in [0.5, 0.6) is 0 Å². The van der Waals surface area contributed by atoms with Gasteiger partial charge in [-0.3, -0.25) is 9.79 Å². The van der Waals surface area contributed by atoms with Crippen LogP contribution >= 0.6 is 23.2 Å². The fraction of sp³-hybridized carbons (Fsp3) is 0.522. The van der Waals surface area contributed by atoms with Gasteiger partial charge in [-0.1, -0.05) is 43.1 Å². The summed E-state index contributed by atoms with van der Waals surface area (Å²) in [6, 6.07) is 5.18. The molecule has 1 aromatic rings. The van der Waals surface area contributed by atoms with E-state index in [1.165, 1.54) is 0 Å². The summed E-state index contributed by atoms with van der Waals surface area (Å²) in [6.45, 7) is 6.82. The topological polar surface area (TPSA) is 91.0 Å². The molecule has 0 saturated heterocycles. The lowest BCUT2D eigenvalue weighted by atomic mass is 9.63. The number of carbonyl (C=O) groups excluding carboxylic acids is 2. The van der Waals surface area contributed by atoms with Crippen molar-refractivity contribution in [2.75, 3.05) is 26.4 Å². The molecular weight excluding hydrogens is 439 g/mol. The predicted octanol–water partition coefficient (Wildman–Crippen LogP) is 4.33. The molecule has 6 nitrogen and oxygen atoms in total. The second-order valence-electron chi connectivity index (χ2n) is 8.64. The summed E-state index contributed by atoms with van der Waals surface area (Å²) in [5.74, 6) is -1.58. The summed E-state index contributed by atoms with van der Waals surface area (Å²) >= 11 is 12.4. The van der Waals surface area contributed by atoms with E-state index in [0.717, 1.165) is 11.3 Å². The van der Waals surface area contributed by atoms with Crippen molar-refractivity contribution in [2.24, 2.45) is 22.1 Å². The number of rotatable bonds is 7. The number of halogens is 2. The summed E-state index contributed by atoms with van der Waals surface area (Å²) in [7, 11) is 0. The van der Waals surface area contributed by atoms with Crippen LogP contribution in [-0.2, 0) is 19.1 Å². The second-order valence-corrected chi connectivity index (χ2v) is 9.45. The molecule has 2 unspecified atom stereocenters. The molecule has 2 N–H and O–H groups in total. The lowest BCUT2D eigenvalue weighted by molar-refractivity contribution is -0.139. The molecule has 3 rings (SSSR count). The highest BCUT2D eigenvalue weighted by atomic mass is 35.5. The van der Waals surface area contributed by atoms with Crippen molar-refractivity contribution in [1.29, 1.82) is 0 Å². The highest BCUT2D eigenvalue weighted by Gasteiger charge is 2.48. The summed E-state index contributed by atoms with van der Waals surface area (Å²) in [5.41, 5.74) is 7.63. The molecule has 8 heteroatoms. The Kier molecular flexibility index (Phi) is 7.58. The molecule has 0 aromatic heterocycles. The number of benzene rings is 1. The Balaban J connectivity index is 2.20. The zero-order valence-electron chi connectivity index (χ0n) is 18.0. The van der Waals surface area contributed by atoms with Crippen LogP contribution in [0.4, 0.5) is 0 Å². The molecule has 1 aliphatic carbocycles. The van der Waals surface area contributed by atoms with Gasteiger partial charge in [0.2, 0.25) is 0 Å². The van der Waals surface area contributed by atoms with E-state index in [9.17, 15) is 9.59 Å². The zero-order chi connectivity index (χ0) is 22.8. The third-order valence-electron chi connectivity index (χ3n) is 5.55. The van der Waals surface area contributed by atoms with E-state index in [1.54, 1.807) is 25.1 Å². The average molecular weight is 467 g/mol. The molecule has 1 saturated carbocycles. The minimum Gasteiger partial charge on any atom is -0.463 e. The number of carbonyl (C=O) groups is 2. The number of nitrogens with two attached hydrogens (primary N) is 1. The Bertz CT molecular complexity index is 940. The fourth-order valence-corrected chi connectivity index (χ4v) is 4.68. The van der Waals surface area contributed by atoms with Gasteiger partial charge in [0.15, 0.2) is 0 Å². The number of hydrogen-bond donors (Lipinski definition) is 1. The number of Topliss-reactive ketones (excluding diaryl/α,β-unsaturated/α-hetero) is 1. The number of esters is 1. The van der Waals surface area contributed by atoms with Crippen molar-refractivity contribution in [3.63, 3.8) is 0 Å². The number of ether oxygens (including phenoxy) is 2. The first kappa shape index (κ1) is 23.9. The van der Waals surface area contributed by atoms with Gasteiger partial charge in [0.1, 0.15) is 5.78 Å². The van der Waals surface area contributed by atoms with E-state index in [-0.39, 0.29) is 24.4 Å². The maximum Gasteiger partial charge on any atom is 0.336 e. The maximum atomic E-state index is 13.3. The van der Waals surface area contributed by atoms with Crippen LogP contribution in [0.2, 0.25) is 10.0 Å². The minimum absolute atomic E-state index is 0.0507. The Hall–Kier alpha value is -1.73. The van der Waals surface area contributed by atoms with Crippen LogP contribution in [0.25, 0.3) is 0 Å². The Morgan fingerprint density at radius 1 is 1.23 bits per heavy atom. The molecule has 168 valence electrons. The van der Waals surface area contributed by atoms with E-state index in [0.29, 0.717) is 47.3 Å². The maximum absolute atomic E-state index is 13.3. The summed E-state index contributed by atoms with van der Waals surface area (Å²) in [6.07, 6.45) is 1.06. The van der Waals surface area contributed by atoms with Gasteiger partial charge in [0, 0.05) is 24.6 Å². The lowest BCUT2D eigenvalue weighted by Crippen LogP contribution is -2.44. The molecule has 0 amide bonds. The van der Waals surface area contributed by atoms with E-state index in [4.69, 9.17) is 43.4 Å². The predicted molar refractivity (Wildman–Crippen MR) is 122 cm³/mol. The van der Waals surface area contributed by atoms with Crippen LogP contribution < -0.4 is 5.73 Å². The van der Waals surface area contributed by atoms with Crippen LogP contribution in [0.3, 0.4) is 0 Å². The van der Waals surface area contributed by atoms with Gasteiger partial charge < -0.3 is 15.2 Å². The first-order valence-electron chi connectivity index (χ1n) is 10.4. The summed E-state index contributed by atoms with van der Waals surface area (Å²) < 4.78 is 11.0. The van der Waals surface area contributed by atoms with Crippen LogP contribution in [-0.4, -0.2) is 43.8 Å². The molecule has 1 fully saturated rings. The van der Waals surface area contributed by atoms with Gasteiger partial charge in [0.05, 0.1) is 47.1 Å². The van der Waals surface area contributed by atoms with Crippen molar-refractivity contribution in [3.8, 4) is 0 Å². The Morgan fingerprint density at radius 2 is 1.97 bits per heavy atom.